The Bertz CT molecular complexity index is 979. The fraction of sp³-hybridized carbons (Fsp3) is 0.222. The lowest BCUT2D eigenvalue weighted by Crippen LogP contribution is -2.40. The molecule has 26 heavy (non-hydrogen) atoms. The first-order valence-electron chi connectivity index (χ1n) is 8.04. The van der Waals surface area contributed by atoms with Crippen LogP contribution in [-0.4, -0.2) is 38.4 Å². The number of halogens is 1. The van der Waals surface area contributed by atoms with Crippen LogP contribution in [0.3, 0.4) is 0 Å². The van der Waals surface area contributed by atoms with E-state index in [0.717, 1.165) is 4.57 Å². The number of carbonyl (C=O) groups is 1. The topological polar surface area (TPSA) is 84.6 Å². The van der Waals surface area contributed by atoms with Crippen molar-refractivity contribution in [2.75, 3.05) is 0 Å². The molecule has 3 rings (SSSR count). The van der Waals surface area contributed by atoms with E-state index in [4.69, 9.17) is 4.74 Å². The smallest absolute Gasteiger partial charge is 0.443 e. The van der Waals surface area contributed by atoms with Crippen molar-refractivity contribution in [3.63, 3.8) is 0 Å². The highest BCUT2D eigenvalue weighted by Crippen LogP contribution is 2.29. The molecule has 0 fully saturated rings. The molecule has 2 aromatic heterocycles. The van der Waals surface area contributed by atoms with E-state index >= 15 is 0 Å². The molecule has 3 aromatic rings. The number of benzene rings is 1. The number of hydrogen-bond acceptors (Lipinski definition) is 5. The second kappa shape index (κ2) is 6.55. The maximum Gasteiger partial charge on any atom is 0.506 e. The van der Waals surface area contributed by atoms with Gasteiger partial charge in [-0.05, 0) is 45.0 Å². The molecular weight excluding hydrogens is 338 g/mol. The van der Waals surface area contributed by atoms with E-state index in [1.165, 1.54) is 24.4 Å². The largest absolute Gasteiger partial charge is 0.506 e. The van der Waals surface area contributed by atoms with Crippen molar-refractivity contribution in [1.82, 2.24) is 9.55 Å². The molecule has 0 atom stereocenters. The lowest BCUT2D eigenvalue weighted by atomic mass is 9.86. The van der Waals surface area contributed by atoms with Gasteiger partial charge in [0, 0.05) is 17.1 Å². The summed E-state index contributed by atoms with van der Waals surface area (Å²) in [4.78, 5) is 16.8. The summed E-state index contributed by atoms with van der Waals surface area (Å²) >= 11 is 0. The van der Waals surface area contributed by atoms with Gasteiger partial charge in [0.1, 0.15) is 11.4 Å². The number of nitrogens with zero attached hydrogens (tertiary/aromatic N) is 2. The molecule has 0 bridgehead atoms. The predicted octanol–water partition coefficient (Wildman–Crippen LogP) is 2.31. The molecule has 0 aliphatic carbocycles. The van der Waals surface area contributed by atoms with Crippen molar-refractivity contribution in [1.29, 1.82) is 0 Å². The summed E-state index contributed by atoms with van der Waals surface area (Å²) in [5.41, 5.74) is 0.0332. The molecule has 0 saturated carbocycles. The molecule has 0 aliphatic heterocycles. The van der Waals surface area contributed by atoms with Gasteiger partial charge in [0.15, 0.2) is 0 Å². The quantitative estimate of drug-likeness (QED) is 0.689. The maximum atomic E-state index is 14.2. The number of ether oxygens (including phenoxy) is 1. The third kappa shape index (κ3) is 3.33. The van der Waals surface area contributed by atoms with Gasteiger partial charge >= 0.3 is 13.2 Å². The monoisotopic (exact) mass is 356 g/mol. The highest BCUT2D eigenvalue weighted by molar-refractivity contribution is 6.59. The highest BCUT2D eigenvalue weighted by atomic mass is 19.1. The van der Waals surface area contributed by atoms with E-state index in [0.29, 0.717) is 16.6 Å². The summed E-state index contributed by atoms with van der Waals surface area (Å²) < 4.78 is 20.6. The summed E-state index contributed by atoms with van der Waals surface area (Å²) in [5.74, 6) is -0.469. The van der Waals surface area contributed by atoms with Crippen LogP contribution < -0.4 is 5.59 Å². The average molecular weight is 356 g/mol. The third-order valence-electron chi connectivity index (χ3n) is 3.73. The lowest BCUT2D eigenvalue weighted by molar-refractivity contribution is 0.0547. The minimum absolute atomic E-state index is 0.0835. The van der Waals surface area contributed by atoms with Gasteiger partial charge in [-0.1, -0.05) is 12.1 Å². The van der Waals surface area contributed by atoms with E-state index in [2.05, 4.69) is 4.98 Å². The number of fused-ring (bicyclic) bond motifs is 1. The van der Waals surface area contributed by atoms with Crippen LogP contribution in [0.5, 0.6) is 0 Å². The van der Waals surface area contributed by atoms with E-state index in [9.17, 15) is 19.2 Å². The van der Waals surface area contributed by atoms with E-state index in [1.54, 1.807) is 39.0 Å². The first-order chi connectivity index (χ1) is 12.2. The zero-order valence-corrected chi connectivity index (χ0v) is 14.6. The third-order valence-corrected chi connectivity index (χ3v) is 3.73. The molecule has 0 saturated heterocycles. The molecule has 0 unspecified atom stereocenters. The second-order valence-corrected chi connectivity index (χ2v) is 6.83. The van der Waals surface area contributed by atoms with Crippen molar-refractivity contribution in [3.05, 3.63) is 48.4 Å². The predicted molar refractivity (Wildman–Crippen MR) is 96.6 cm³/mol. The van der Waals surface area contributed by atoms with Crippen LogP contribution in [0.15, 0.2) is 42.6 Å². The summed E-state index contributed by atoms with van der Waals surface area (Å²) in [6.07, 6.45) is 0.666. The van der Waals surface area contributed by atoms with Gasteiger partial charge in [0.05, 0.1) is 16.8 Å². The Morgan fingerprint density at radius 2 is 1.92 bits per heavy atom. The Morgan fingerprint density at radius 3 is 2.54 bits per heavy atom. The standard InChI is InChI=1S/C18H18BFN2O4/c1-18(2,3)26-17(23)22-14-8-9-21-16(11-6-4-5-7-13(11)20)12(14)10-15(22)19(24)25/h4-10,24-25H,1-3H3. The second-order valence-electron chi connectivity index (χ2n) is 6.83. The van der Waals surface area contributed by atoms with Crippen LogP contribution >= 0.6 is 0 Å². The number of aromatic nitrogens is 2. The molecule has 0 spiro atoms. The van der Waals surface area contributed by atoms with Gasteiger partial charge in [0.2, 0.25) is 0 Å². The van der Waals surface area contributed by atoms with Crippen LogP contribution in [0.4, 0.5) is 9.18 Å². The first-order valence-corrected chi connectivity index (χ1v) is 8.04. The molecule has 1 aromatic carbocycles. The van der Waals surface area contributed by atoms with Crippen molar-refractivity contribution >= 4 is 29.7 Å². The number of rotatable bonds is 2. The van der Waals surface area contributed by atoms with Crippen LogP contribution in [0.25, 0.3) is 22.2 Å². The zero-order chi connectivity index (χ0) is 19.1. The van der Waals surface area contributed by atoms with Gasteiger partial charge < -0.3 is 14.8 Å². The van der Waals surface area contributed by atoms with Crippen molar-refractivity contribution < 1.29 is 24.0 Å². The Kier molecular flexibility index (Phi) is 4.56. The first kappa shape index (κ1) is 18.1. The van der Waals surface area contributed by atoms with Crippen LogP contribution in [0.1, 0.15) is 20.8 Å². The minimum Gasteiger partial charge on any atom is -0.443 e. The normalized spacial score (nSPS) is 11.6. The molecule has 6 nitrogen and oxygen atoms in total. The Balaban J connectivity index is 2.26. The van der Waals surface area contributed by atoms with Crippen molar-refractivity contribution in [2.24, 2.45) is 0 Å². The summed E-state index contributed by atoms with van der Waals surface area (Å²) in [7, 11) is -1.91. The Hall–Kier alpha value is -2.71. The number of pyridine rings is 1. The SMILES string of the molecule is CC(C)(C)OC(=O)n1c(B(O)O)cc2c(-c3ccccc3F)nccc21. The number of carbonyl (C=O) groups excluding carboxylic acids is 1. The molecule has 0 aliphatic rings. The van der Waals surface area contributed by atoms with Crippen LogP contribution in [0.2, 0.25) is 0 Å². The molecular formula is C18H18BFN2O4. The molecule has 0 radical (unpaired) electrons. The number of hydrogen-bond donors (Lipinski definition) is 2. The van der Waals surface area contributed by atoms with Crippen molar-refractivity contribution in [3.8, 4) is 11.3 Å². The minimum atomic E-state index is -1.91. The van der Waals surface area contributed by atoms with Gasteiger partial charge in [-0.25, -0.2) is 9.18 Å². The summed E-state index contributed by atoms with van der Waals surface area (Å²) in [6, 6.07) is 9.05. The maximum absolute atomic E-state index is 14.2. The van der Waals surface area contributed by atoms with E-state index < -0.39 is 24.6 Å². The fourth-order valence-electron chi connectivity index (χ4n) is 2.72. The van der Waals surface area contributed by atoms with E-state index in [1.807, 2.05) is 0 Å². The molecule has 2 N–H and O–H groups in total. The van der Waals surface area contributed by atoms with Gasteiger partial charge in [-0.15, -0.1) is 0 Å². The van der Waals surface area contributed by atoms with Gasteiger partial charge in [-0.3, -0.25) is 9.55 Å². The Labute approximate surface area is 150 Å². The molecule has 134 valence electrons. The fourth-order valence-corrected chi connectivity index (χ4v) is 2.72. The van der Waals surface area contributed by atoms with Gasteiger partial charge in [0.25, 0.3) is 0 Å². The molecule has 8 heteroatoms. The van der Waals surface area contributed by atoms with E-state index in [-0.39, 0.29) is 11.2 Å². The summed E-state index contributed by atoms with van der Waals surface area (Å²) in [5, 5.41) is 19.8. The highest BCUT2D eigenvalue weighted by Gasteiger charge is 2.28. The molecule has 2 heterocycles. The van der Waals surface area contributed by atoms with Gasteiger partial charge in [-0.2, -0.15) is 0 Å². The van der Waals surface area contributed by atoms with Crippen molar-refractivity contribution in [2.45, 2.75) is 26.4 Å². The van der Waals surface area contributed by atoms with Crippen LogP contribution in [0, 0.1) is 5.82 Å². The average Bonchev–Trinajstić information content (AvgIpc) is 2.93. The van der Waals surface area contributed by atoms with Crippen LogP contribution in [-0.2, 0) is 4.74 Å². The summed E-state index contributed by atoms with van der Waals surface area (Å²) in [6.45, 7) is 5.12. The molecule has 0 amide bonds. The zero-order valence-electron chi connectivity index (χ0n) is 14.6. The Morgan fingerprint density at radius 1 is 1.23 bits per heavy atom. The lowest BCUT2D eigenvalue weighted by Gasteiger charge is -2.21.